The molecule has 3 heteroatoms. The van der Waals surface area contributed by atoms with Crippen molar-refractivity contribution in [3.05, 3.63) is 76.4 Å². The summed E-state index contributed by atoms with van der Waals surface area (Å²) >= 11 is 5.99. The maximum Gasteiger partial charge on any atom is 0.150 e. The van der Waals surface area contributed by atoms with Crippen molar-refractivity contribution in [2.75, 3.05) is 0 Å². The first-order valence-corrected chi connectivity index (χ1v) is 6.92. The fourth-order valence-corrected chi connectivity index (χ4v) is 2.28. The van der Waals surface area contributed by atoms with Gasteiger partial charge in [0.05, 0.1) is 11.2 Å². The summed E-state index contributed by atoms with van der Waals surface area (Å²) in [6.45, 7) is 0. The Balaban J connectivity index is 1.93. The maximum absolute atomic E-state index is 10.8. The number of aromatic nitrogens is 1. The van der Waals surface area contributed by atoms with Crippen LogP contribution in [0, 0.1) is 0 Å². The number of halogens is 1. The fourth-order valence-electron chi connectivity index (χ4n) is 2.12. The second-order valence-corrected chi connectivity index (χ2v) is 5.13. The number of nitrogens with zero attached hydrogens (tertiary/aromatic N) is 1. The molecule has 0 aliphatic carbocycles. The van der Waals surface area contributed by atoms with Crippen molar-refractivity contribution in [1.29, 1.82) is 0 Å². The Hall–Kier alpha value is -2.45. The minimum absolute atomic E-state index is 0.662. The van der Waals surface area contributed by atoms with Gasteiger partial charge in [-0.15, -0.1) is 0 Å². The largest absolute Gasteiger partial charge is 0.298 e. The van der Waals surface area contributed by atoms with Gasteiger partial charge in [-0.3, -0.25) is 4.79 Å². The lowest BCUT2D eigenvalue weighted by molar-refractivity contribution is 0.112. The number of hydrogen-bond acceptors (Lipinski definition) is 2. The molecule has 2 aromatic carbocycles. The zero-order chi connectivity index (χ0) is 14.7. The number of rotatable bonds is 3. The topological polar surface area (TPSA) is 30.0 Å². The van der Waals surface area contributed by atoms with Crippen LogP contribution in [0.5, 0.6) is 0 Å². The molecule has 0 saturated carbocycles. The van der Waals surface area contributed by atoms with Crippen molar-refractivity contribution in [2.45, 2.75) is 0 Å². The molecule has 3 rings (SSSR count). The van der Waals surface area contributed by atoms with E-state index in [2.05, 4.69) is 4.98 Å². The zero-order valence-electron chi connectivity index (χ0n) is 11.2. The molecular formula is C18H12ClNO. The van der Waals surface area contributed by atoms with Gasteiger partial charge in [-0.1, -0.05) is 48.0 Å². The van der Waals surface area contributed by atoms with Gasteiger partial charge in [0.1, 0.15) is 6.29 Å². The van der Waals surface area contributed by atoms with Crippen molar-refractivity contribution in [3.63, 3.8) is 0 Å². The van der Waals surface area contributed by atoms with Crippen LogP contribution in [0.25, 0.3) is 23.1 Å². The van der Waals surface area contributed by atoms with Gasteiger partial charge in [-0.05, 0) is 35.9 Å². The average molecular weight is 294 g/mol. The molecular weight excluding hydrogens is 282 g/mol. The zero-order valence-corrected chi connectivity index (χ0v) is 11.9. The van der Waals surface area contributed by atoms with Crippen molar-refractivity contribution in [2.24, 2.45) is 0 Å². The Morgan fingerprint density at radius 1 is 0.905 bits per heavy atom. The van der Waals surface area contributed by atoms with Crippen molar-refractivity contribution in [3.8, 4) is 0 Å². The molecule has 102 valence electrons. The van der Waals surface area contributed by atoms with E-state index in [0.717, 1.165) is 28.4 Å². The third kappa shape index (κ3) is 3.18. The molecule has 0 aliphatic rings. The molecule has 0 fully saturated rings. The van der Waals surface area contributed by atoms with Gasteiger partial charge < -0.3 is 0 Å². The van der Waals surface area contributed by atoms with Crippen LogP contribution in [-0.2, 0) is 0 Å². The van der Waals surface area contributed by atoms with Crippen LogP contribution < -0.4 is 0 Å². The molecule has 0 bridgehead atoms. The van der Waals surface area contributed by atoms with Crippen LogP contribution in [0.3, 0.4) is 0 Å². The molecule has 0 radical (unpaired) electrons. The Morgan fingerprint density at radius 3 is 2.57 bits per heavy atom. The number of carbonyl (C=O) groups excluding carboxylic acids is 1. The van der Waals surface area contributed by atoms with E-state index in [1.807, 2.05) is 60.7 Å². The number of carbonyl (C=O) groups is 1. The second kappa shape index (κ2) is 5.90. The van der Waals surface area contributed by atoms with E-state index in [-0.39, 0.29) is 0 Å². The predicted octanol–water partition coefficient (Wildman–Crippen LogP) is 4.87. The molecule has 0 amide bonds. The average Bonchev–Trinajstić information content (AvgIpc) is 2.52. The summed E-state index contributed by atoms with van der Waals surface area (Å²) in [5, 5.41) is 1.73. The molecule has 1 heterocycles. The number of aldehydes is 1. The van der Waals surface area contributed by atoms with E-state index in [1.54, 1.807) is 6.07 Å². The van der Waals surface area contributed by atoms with E-state index >= 15 is 0 Å². The molecule has 0 saturated heterocycles. The molecule has 0 atom stereocenters. The van der Waals surface area contributed by atoms with Gasteiger partial charge in [0.15, 0.2) is 0 Å². The second-order valence-electron chi connectivity index (χ2n) is 4.69. The summed E-state index contributed by atoms with van der Waals surface area (Å²) in [7, 11) is 0. The summed E-state index contributed by atoms with van der Waals surface area (Å²) in [6.07, 6.45) is 4.70. The van der Waals surface area contributed by atoms with Gasteiger partial charge in [0.2, 0.25) is 0 Å². The number of pyridine rings is 1. The highest BCUT2D eigenvalue weighted by Crippen LogP contribution is 2.19. The SMILES string of the molecule is O=Cc1cccc(/C=C/c2ccc3ccc(Cl)cc3n2)c1. The van der Waals surface area contributed by atoms with E-state index < -0.39 is 0 Å². The summed E-state index contributed by atoms with van der Waals surface area (Å²) < 4.78 is 0. The first kappa shape index (κ1) is 13.5. The summed E-state index contributed by atoms with van der Waals surface area (Å²) in [5.41, 5.74) is 3.34. The van der Waals surface area contributed by atoms with Crippen LogP contribution in [0.4, 0.5) is 0 Å². The minimum atomic E-state index is 0.662. The van der Waals surface area contributed by atoms with Crippen molar-refractivity contribution < 1.29 is 4.79 Å². The number of hydrogen-bond donors (Lipinski definition) is 0. The molecule has 3 aromatic rings. The monoisotopic (exact) mass is 293 g/mol. The van der Waals surface area contributed by atoms with Crippen molar-refractivity contribution >= 4 is 40.9 Å². The molecule has 0 unspecified atom stereocenters. The van der Waals surface area contributed by atoms with Crippen LogP contribution in [0.15, 0.2) is 54.6 Å². The maximum atomic E-state index is 10.8. The van der Waals surface area contributed by atoms with E-state index in [9.17, 15) is 4.79 Å². The van der Waals surface area contributed by atoms with Gasteiger partial charge in [0, 0.05) is 16.0 Å². The molecule has 1 aromatic heterocycles. The highest BCUT2D eigenvalue weighted by Gasteiger charge is 1.97. The van der Waals surface area contributed by atoms with Gasteiger partial charge in [0.25, 0.3) is 0 Å². The number of fused-ring (bicyclic) bond motifs is 1. The van der Waals surface area contributed by atoms with Gasteiger partial charge in [-0.25, -0.2) is 4.98 Å². The standard InChI is InChI=1S/C18H12ClNO/c19-16-7-5-15-6-9-17(20-18(15)11-16)8-4-13-2-1-3-14(10-13)12-21/h1-12H/b8-4+. The smallest absolute Gasteiger partial charge is 0.150 e. The summed E-state index contributed by atoms with van der Waals surface area (Å²) in [6, 6.07) is 17.0. The third-order valence-electron chi connectivity index (χ3n) is 3.17. The lowest BCUT2D eigenvalue weighted by Gasteiger charge is -2.00. The molecule has 2 nitrogen and oxygen atoms in total. The first-order valence-electron chi connectivity index (χ1n) is 6.54. The summed E-state index contributed by atoms with van der Waals surface area (Å²) in [5.74, 6) is 0. The lowest BCUT2D eigenvalue weighted by atomic mass is 10.1. The Kier molecular flexibility index (Phi) is 3.80. The molecule has 21 heavy (non-hydrogen) atoms. The van der Waals surface area contributed by atoms with Gasteiger partial charge in [-0.2, -0.15) is 0 Å². The summed E-state index contributed by atoms with van der Waals surface area (Å²) in [4.78, 5) is 15.3. The van der Waals surface area contributed by atoms with Gasteiger partial charge >= 0.3 is 0 Å². The molecule has 0 N–H and O–H groups in total. The minimum Gasteiger partial charge on any atom is -0.298 e. The highest BCUT2D eigenvalue weighted by molar-refractivity contribution is 6.31. The Labute approximate surface area is 127 Å². The van der Waals surface area contributed by atoms with Crippen LogP contribution in [-0.4, -0.2) is 11.3 Å². The quantitative estimate of drug-likeness (QED) is 0.645. The van der Waals surface area contributed by atoms with Crippen LogP contribution in [0.1, 0.15) is 21.6 Å². The number of benzene rings is 2. The van der Waals surface area contributed by atoms with E-state index in [1.165, 1.54) is 0 Å². The van der Waals surface area contributed by atoms with E-state index in [0.29, 0.717) is 10.6 Å². The third-order valence-corrected chi connectivity index (χ3v) is 3.40. The Morgan fingerprint density at radius 2 is 1.71 bits per heavy atom. The lowest BCUT2D eigenvalue weighted by Crippen LogP contribution is -1.84. The molecule has 0 aliphatic heterocycles. The fraction of sp³-hybridized carbons (Fsp3) is 0. The molecule has 0 spiro atoms. The normalized spacial score (nSPS) is 11.1. The van der Waals surface area contributed by atoms with Crippen LogP contribution in [0.2, 0.25) is 5.02 Å². The van der Waals surface area contributed by atoms with Crippen LogP contribution >= 0.6 is 11.6 Å². The van der Waals surface area contributed by atoms with Crippen molar-refractivity contribution in [1.82, 2.24) is 4.98 Å². The van der Waals surface area contributed by atoms with E-state index in [4.69, 9.17) is 11.6 Å². The Bertz CT molecular complexity index is 839. The first-order chi connectivity index (χ1) is 10.2. The predicted molar refractivity (Wildman–Crippen MR) is 87.5 cm³/mol. The highest BCUT2D eigenvalue weighted by atomic mass is 35.5.